The van der Waals surface area contributed by atoms with Gasteiger partial charge in [-0.3, -0.25) is 14.6 Å². The van der Waals surface area contributed by atoms with Crippen molar-refractivity contribution in [2.45, 2.75) is 33.1 Å². The van der Waals surface area contributed by atoms with E-state index in [0.717, 1.165) is 5.56 Å². The van der Waals surface area contributed by atoms with Gasteiger partial charge in [-0.15, -0.1) is 0 Å². The average molecular weight is 534 g/mol. The Morgan fingerprint density at radius 1 is 0.897 bits per heavy atom. The van der Waals surface area contributed by atoms with E-state index in [1.807, 2.05) is 19.1 Å². The Labute approximate surface area is 228 Å². The number of benzene rings is 2. The number of urea groups is 1. The van der Waals surface area contributed by atoms with Crippen molar-refractivity contribution in [2.75, 3.05) is 37.4 Å². The highest BCUT2D eigenvalue weighted by Gasteiger charge is 2.20. The Morgan fingerprint density at radius 3 is 2.28 bits per heavy atom. The first-order valence-corrected chi connectivity index (χ1v) is 12.6. The number of rotatable bonds is 10. The lowest BCUT2D eigenvalue weighted by Crippen LogP contribution is -2.37. The Kier molecular flexibility index (Phi) is 9.86. The van der Waals surface area contributed by atoms with E-state index < -0.39 is 5.91 Å². The maximum atomic E-state index is 13.4. The second-order valence-electron chi connectivity index (χ2n) is 9.65. The molecule has 10 heteroatoms. The van der Waals surface area contributed by atoms with Crippen LogP contribution in [-0.4, -0.2) is 49.6 Å². The quantitative estimate of drug-likeness (QED) is 0.282. The molecule has 0 bridgehead atoms. The molecule has 0 aliphatic heterocycles. The van der Waals surface area contributed by atoms with Gasteiger partial charge in [0, 0.05) is 18.3 Å². The van der Waals surface area contributed by atoms with Crippen LogP contribution in [-0.2, 0) is 5.41 Å². The van der Waals surface area contributed by atoms with Gasteiger partial charge in [-0.1, -0.05) is 26.8 Å². The van der Waals surface area contributed by atoms with E-state index >= 15 is 0 Å². The average Bonchev–Trinajstić information content (AvgIpc) is 2.91. The number of amides is 4. The highest BCUT2D eigenvalue weighted by molar-refractivity contribution is 6.10. The largest absolute Gasteiger partial charge is 0.497 e. The van der Waals surface area contributed by atoms with Crippen molar-refractivity contribution in [3.05, 3.63) is 77.6 Å². The molecule has 0 radical (unpaired) electrons. The number of ether oxygens (including phenoxy) is 2. The number of aromatic nitrogens is 1. The Bertz CT molecular complexity index is 1300. The van der Waals surface area contributed by atoms with Gasteiger partial charge in [0.15, 0.2) is 0 Å². The van der Waals surface area contributed by atoms with E-state index in [9.17, 15) is 14.4 Å². The topological polar surface area (TPSA) is 131 Å². The van der Waals surface area contributed by atoms with Crippen molar-refractivity contribution in [3.63, 3.8) is 0 Å². The summed E-state index contributed by atoms with van der Waals surface area (Å²) >= 11 is 0. The predicted octanol–water partition coefficient (Wildman–Crippen LogP) is 4.59. The molecule has 0 saturated carbocycles. The first-order valence-electron chi connectivity index (χ1n) is 12.6. The second-order valence-corrected chi connectivity index (χ2v) is 9.65. The molecule has 0 saturated heterocycles. The molecule has 4 amide bonds. The summed E-state index contributed by atoms with van der Waals surface area (Å²) < 4.78 is 11.1. The minimum atomic E-state index is -0.423. The fraction of sp³-hybridized carbons (Fsp3) is 0.310. The number of hydrogen-bond donors (Lipinski definition) is 4. The van der Waals surface area contributed by atoms with E-state index in [-0.39, 0.29) is 30.5 Å². The van der Waals surface area contributed by atoms with E-state index in [1.54, 1.807) is 43.5 Å². The highest BCUT2D eigenvalue weighted by Crippen LogP contribution is 2.30. The SMILES string of the molecule is CCNC(=O)NCCOc1cc(C(C)(C)C)ccc1C(=O)Nc1ccncc1NC(=O)c1ccc(OC)cc1. The summed E-state index contributed by atoms with van der Waals surface area (Å²) in [5, 5.41) is 11.0. The van der Waals surface area contributed by atoms with E-state index in [0.29, 0.717) is 40.5 Å². The summed E-state index contributed by atoms with van der Waals surface area (Å²) in [5.74, 6) is 0.236. The van der Waals surface area contributed by atoms with Gasteiger partial charge in [0.1, 0.15) is 18.1 Å². The second kappa shape index (κ2) is 13.3. The molecule has 10 nitrogen and oxygen atoms in total. The zero-order valence-corrected chi connectivity index (χ0v) is 22.9. The summed E-state index contributed by atoms with van der Waals surface area (Å²) in [4.78, 5) is 41.9. The number of nitrogens with one attached hydrogen (secondary N) is 4. The van der Waals surface area contributed by atoms with E-state index in [1.165, 1.54) is 12.4 Å². The number of hydrogen-bond acceptors (Lipinski definition) is 6. The fourth-order valence-electron chi connectivity index (χ4n) is 3.57. The Morgan fingerprint density at radius 2 is 1.62 bits per heavy atom. The maximum absolute atomic E-state index is 13.4. The van der Waals surface area contributed by atoms with Gasteiger partial charge < -0.3 is 30.7 Å². The molecule has 39 heavy (non-hydrogen) atoms. The zero-order valence-electron chi connectivity index (χ0n) is 22.9. The Balaban J connectivity index is 1.78. The van der Waals surface area contributed by atoms with Crippen molar-refractivity contribution in [2.24, 2.45) is 0 Å². The van der Waals surface area contributed by atoms with Gasteiger partial charge in [-0.05, 0) is 60.4 Å². The summed E-state index contributed by atoms with van der Waals surface area (Å²) in [6.45, 7) is 8.98. The molecule has 0 unspecified atom stereocenters. The number of carbonyl (C=O) groups is 3. The van der Waals surface area contributed by atoms with E-state index in [4.69, 9.17) is 9.47 Å². The van der Waals surface area contributed by atoms with Crippen molar-refractivity contribution in [3.8, 4) is 11.5 Å². The van der Waals surface area contributed by atoms with Crippen molar-refractivity contribution >= 4 is 29.2 Å². The van der Waals surface area contributed by atoms with Gasteiger partial charge in [0.25, 0.3) is 11.8 Å². The van der Waals surface area contributed by atoms with Crippen LogP contribution in [0.2, 0.25) is 0 Å². The standard InChI is InChI=1S/C29H35N5O5/c1-6-31-28(37)32-15-16-39-25-17-20(29(2,3)4)9-12-22(25)27(36)33-23-13-14-30-18-24(23)34-26(35)19-7-10-21(38-5)11-8-19/h7-14,17-18H,6,15-16H2,1-5H3,(H,34,35)(H,30,33,36)(H2,31,32,37). The van der Waals surface area contributed by atoms with Gasteiger partial charge in [0.05, 0.1) is 36.8 Å². The summed E-state index contributed by atoms with van der Waals surface area (Å²) in [6, 6.07) is 13.4. The minimum Gasteiger partial charge on any atom is -0.497 e. The molecule has 0 aliphatic rings. The molecular weight excluding hydrogens is 498 g/mol. The monoisotopic (exact) mass is 533 g/mol. The molecule has 0 spiro atoms. The number of anilines is 2. The molecule has 206 valence electrons. The lowest BCUT2D eigenvalue weighted by atomic mass is 9.86. The lowest BCUT2D eigenvalue weighted by Gasteiger charge is -2.21. The summed E-state index contributed by atoms with van der Waals surface area (Å²) in [7, 11) is 1.55. The zero-order chi connectivity index (χ0) is 28.4. The molecular formula is C29H35N5O5. The highest BCUT2D eigenvalue weighted by atomic mass is 16.5. The molecule has 1 aromatic heterocycles. The van der Waals surface area contributed by atoms with Crippen LogP contribution in [0.3, 0.4) is 0 Å². The summed E-state index contributed by atoms with van der Waals surface area (Å²) in [6.07, 6.45) is 2.98. The van der Waals surface area contributed by atoms with Gasteiger partial charge >= 0.3 is 6.03 Å². The molecule has 0 atom stereocenters. The third kappa shape index (κ3) is 8.19. The minimum absolute atomic E-state index is 0.170. The van der Waals surface area contributed by atoms with Gasteiger partial charge in [-0.25, -0.2) is 4.79 Å². The first kappa shape index (κ1) is 29.0. The molecule has 1 heterocycles. The number of carbonyl (C=O) groups excluding carboxylic acids is 3. The van der Waals surface area contributed by atoms with Crippen LogP contribution in [0, 0.1) is 0 Å². The van der Waals surface area contributed by atoms with Crippen LogP contribution in [0.25, 0.3) is 0 Å². The van der Waals surface area contributed by atoms with E-state index in [2.05, 4.69) is 47.0 Å². The predicted molar refractivity (Wildman–Crippen MR) is 151 cm³/mol. The van der Waals surface area contributed by atoms with Crippen LogP contribution < -0.4 is 30.7 Å². The van der Waals surface area contributed by atoms with Crippen molar-refractivity contribution < 1.29 is 23.9 Å². The third-order valence-electron chi connectivity index (χ3n) is 5.74. The third-order valence-corrected chi connectivity index (χ3v) is 5.74. The fourth-order valence-corrected chi connectivity index (χ4v) is 3.57. The molecule has 2 aromatic carbocycles. The summed E-state index contributed by atoms with van der Waals surface area (Å²) in [5.41, 5.74) is 2.27. The van der Waals surface area contributed by atoms with Crippen molar-refractivity contribution in [1.29, 1.82) is 0 Å². The number of nitrogens with zero attached hydrogens (tertiary/aromatic N) is 1. The number of methoxy groups -OCH3 is 1. The molecule has 0 fully saturated rings. The van der Waals surface area contributed by atoms with Gasteiger partial charge in [0.2, 0.25) is 0 Å². The lowest BCUT2D eigenvalue weighted by molar-refractivity contribution is 0.101. The smallest absolute Gasteiger partial charge is 0.314 e. The molecule has 3 aromatic rings. The number of pyridine rings is 1. The van der Waals surface area contributed by atoms with Gasteiger partial charge in [-0.2, -0.15) is 0 Å². The van der Waals surface area contributed by atoms with Crippen molar-refractivity contribution in [1.82, 2.24) is 15.6 Å². The van der Waals surface area contributed by atoms with Crippen LogP contribution in [0.15, 0.2) is 60.9 Å². The van der Waals surface area contributed by atoms with Crippen LogP contribution >= 0.6 is 0 Å². The first-order chi connectivity index (χ1) is 18.6. The van der Waals surface area contributed by atoms with Crippen LogP contribution in [0.4, 0.5) is 16.2 Å². The van der Waals surface area contributed by atoms with Crippen LogP contribution in [0.5, 0.6) is 11.5 Å². The molecule has 4 N–H and O–H groups in total. The maximum Gasteiger partial charge on any atom is 0.314 e. The Hall–Kier alpha value is -4.60. The normalized spacial score (nSPS) is 10.8. The van der Waals surface area contributed by atoms with Crippen LogP contribution in [0.1, 0.15) is 54.0 Å². The molecule has 0 aliphatic carbocycles. The molecule has 3 rings (SSSR count).